The average Bonchev–Trinajstić information content (AvgIpc) is 2.80. The molecule has 94 valence electrons. The highest BCUT2D eigenvalue weighted by atomic mass is 35.5. The van der Waals surface area contributed by atoms with E-state index in [-0.39, 0.29) is 0 Å². The Bertz CT molecular complexity index is 583. The number of halogens is 1. The van der Waals surface area contributed by atoms with Crippen molar-refractivity contribution in [1.82, 2.24) is 4.98 Å². The van der Waals surface area contributed by atoms with Gasteiger partial charge in [0.25, 0.3) is 0 Å². The number of anilines is 2. The number of benzene rings is 1. The zero-order valence-electron chi connectivity index (χ0n) is 9.86. The molecule has 0 saturated heterocycles. The van der Waals surface area contributed by atoms with Crippen molar-refractivity contribution < 1.29 is 9.53 Å². The molecule has 2 aromatic rings. The second-order valence-corrected chi connectivity index (χ2v) is 4.91. The first-order chi connectivity index (χ1) is 8.60. The van der Waals surface area contributed by atoms with Crippen molar-refractivity contribution in [3.63, 3.8) is 0 Å². The van der Waals surface area contributed by atoms with E-state index in [1.807, 2.05) is 19.1 Å². The van der Waals surface area contributed by atoms with E-state index in [1.54, 1.807) is 11.4 Å². The maximum Gasteiger partial charge on any atom is 0.357 e. The Morgan fingerprint density at radius 3 is 2.94 bits per heavy atom. The molecule has 0 aliphatic heterocycles. The molecule has 0 unspecified atom stereocenters. The Labute approximate surface area is 114 Å². The number of rotatable bonds is 3. The summed E-state index contributed by atoms with van der Waals surface area (Å²) >= 11 is 7.23. The monoisotopic (exact) mass is 282 g/mol. The molecule has 1 heterocycles. The number of aromatic nitrogens is 1. The summed E-state index contributed by atoms with van der Waals surface area (Å²) in [5, 5.41) is 6.12. The number of carbonyl (C=O) groups excluding carboxylic acids is 1. The van der Waals surface area contributed by atoms with Gasteiger partial charge in [0.05, 0.1) is 7.11 Å². The standard InChI is InChI=1S/C12H11ClN2O2S/c1-7-5-8(13)3-4-9(7)14-12-15-10(6-18-12)11(16)17-2/h3-6H,1-2H3,(H,14,15). The number of carbonyl (C=O) groups is 1. The van der Waals surface area contributed by atoms with E-state index >= 15 is 0 Å². The zero-order chi connectivity index (χ0) is 13.1. The highest BCUT2D eigenvalue weighted by molar-refractivity contribution is 7.14. The SMILES string of the molecule is COC(=O)c1csc(Nc2ccc(Cl)cc2C)n1. The van der Waals surface area contributed by atoms with Crippen LogP contribution in [0.1, 0.15) is 16.1 Å². The number of esters is 1. The quantitative estimate of drug-likeness (QED) is 0.873. The summed E-state index contributed by atoms with van der Waals surface area (Å²) < 4.78 is 4.60. The number of ether oxygens (including phenoxy) is 1. The van der Waals surface area contributed by atoms with E-state index in [0.717, 1.165) is 11.3 Å². The van der Waals surface area contributed by atoms with Gasteiger partial charge in [-0.2, -0.15) is 0 Å². The van der Waals surface area contributed by atoms with Crippen LogP contribution in [0.5, 0.6) is 0 Å². The van der Waals surface area contributed by atoms with Gasteiger partial charge in [-0.25, -0.2) is 9.78 Å². The van der Waals surface area contributed by atoms with Gasteiger partial charge in [0.1, 0.15) is 0 Å². The van der Waals surface area contributed by atoms with Gasteiger partial charge in [0.2, 0.25) is 0 Å². The van der Waals surface area contributed by atoms with Crippen molar-refractivity contribution in [3.05, 3.63) is 39.9 Å². The van der Waals surface area contributed by atoms with Crippen LogP contribution >= 0.6 is 22.9 Å². The molecule has 0 saturated carbocycles. The Balaban J connectivity index is 2.18. The van der Waals surface area contributed by atoms with Crippen molar-refractivity contribution in [1.29, 1.82) is 0 Å². The molecule has 0 fully saturated rings. The summed E-state index contributed by atoms with van der Waals surface area (Å²) in [6, 6.07) is 5.53. The highest BCUT2D eigenvalue weighted by Gasteiger charge is 2.11. The van der Waals surface area contributed by atoms with Crippen molar-refractivity contribution in [2.45, 2.75) is 6.92 Å². The highest BCUT2D eigenvalue weighted by Crippen LogP contribution is 2.25. The van der Waals surface area contributed by atoms with E-state index in [2.05, 4.69) is 15.0 Å². The molecule has 0 bridgehead atoms. The number of nitrogens with zero attached hydrogens (tertiary/aromatic N) is 1. The summed E-state index contributed by atoms with van der Waals surface area (Å²) in [6.45, 7) is 1.95. The van der Waals surface area contributed by atoms with Crippen molar-refractivity contribution >= 4 is 39.7 Å². The molecule has 1 aromatic carbocycles. The third kappa shape index (κ3) is 2.80. The van der Waals surface area contributed by atoms with E-state index < -0.39 is 5.97 Å². The average molecular weight is 283 g/mol. The topological polar surface area (TPSA) is 51.2 Å². The Kier molecular flexibility index (Phi) is 3.84. The molecule has 0 atom stereocenters. The second-order valence-electron chi connectivity index (χ2n) is 3.61. The maximum atomic E-state index is 11.3. The van der Waals surface area contributed by atoms with Gasteiger partial charge >= 0.3 is 5.97 Å². The van der Waals surface area contributed by atoms with Crippen LogP contribution in [0, 0.1) is 6.92 Å². The van der Waals surface area contributed by atoms with Crippen LogP contribution in [0.3, 0.4) is 0 Å². The van der Waals surface area contributed by atoms with Crippen LogP contribution < -0.4 is 5.32 Å². The number of hydrogen-bond acceptors (Lipinski definition) is 5. The van der Waals surface area contributed by atoms with E-state index in [0.29, 0.717) is 15.8 Å². The van der Waals surface area contributed by atoms with Gasteiger partial charge < -0.3 is 10.1 Å². The summed E-state index contributed by atoms with van der Waals surface area (Å²) in [5.74, 6) is -0.438. The molecular weight excluding hydrogens is 272 g/mol. The molecule has 0 amide bonds. The number of aryl methyl sites for hydroxylation is 1. The van der Waals surface area contributed by atoms with Crippen LogP contribution in [-0.2, 0) is 4.74 Å². The van der Waals surface area contributed by atoms with Gasteiger partial charge in [-0.1, -0.05) is 11.6 Å². The second kappa shape index (κ2) is 5.37. The first-order valence-corrected chi connectivity index (χ1v) is 6.43. The van der Waals surface area contributed by atoms with E-state index in [4.69, 9.17) is 11.6 Å². The number of nitrogens with one attached hydrogen (secondary N) is 1. The third-order valence-electron chi connectivity index (χ3n) is 2.33. The summed E-state index contributed by atoms with van der Waals surface area (Å²) in [6.07, 6.45) is 0. The fourth-order valence-corrected chi connectivity index (χ4v) is 2.33. The van der Waals surface area contributed by atoms with Crippen molar-refractivity contribution in [3.8, 4) is 0 Å². The predicted octanol–water partition coefficient (Wildman–Crippen LogP) is 3.64. The molecule has 0 radical (unpaired) electrons. The van der Waals surface area contributed by atoms with Crippen molar-refractivity contribution in [2.75, 3.05) is 12.4 Å². The maximum absolute atomic E-state index is 11.3. The van der Waals surface area contributed by atoms with Crippen molar-refractivity contribution in [2.24, 2.45) is 0 Å². The molecule has 1 N–H and O–H groups in total. The minimum atomic E-state index is -0.438. The molecule has 18 heavy (non-hydrogen) atoms. The molecule has 0 spiro atoms. The van der Waals surface area contributed by atoms with Crippen LogP contribution in [0.25, 0.3) is 0 Å². The third-order valence-corrected chi connectivity index (χ3v) is 3.32. The Hall–Kier alpha value is -1.59. The van der Waals surface area contributed by atoms with Crippen LogP contribution in [0.2, 0.25) is 5.02 Å². The minimum Gasteiger partial charge on any atom is -0.464 e. The smallest absolute Gasteiger partial charge is 0.357 e. The molecule has 0 aliphatic rings. The normalized spacial score (nSPS) is 10.2. The molecular formula is C12H11ClN2O2S. The molecule has 0 aliphatic carbocycles. The van der Waals surface area contributed by atoms with Crippen LogP contribution in [0.15, 0.2) is 23.6 Å². The van der Waals surface area contributed by atoms with E-state index in [9.17, 15) is 4.79 Å². The van der Waals surface area contributed by atoms with Gasteiger partial charge in [-0.3, -0.25) is 0 Å². The largest absolute Gasteiger partial charge is 0.464 e. The van der Waals surface area contributed by atoms with Crippen LogP contribution in [-0.4, -0.2) is 18.1 Å². The first kappa shape index (κ1) is 12.9. The number of hydrogen-bond donors (Lipinski definition) is 1. The fraction of sp³-hybridized carbons (Fsp3) is 0.167. The van der Waals surface area contributed by atoms with Gasteiger partial charge in [0.15, 0.2) is 10.8 Å². The van der Waals surface area contributed by atoms with E-state index in [1.165, 1.54) is 18.4 Å². The lowest BCUT2D eigenvalue weighted by Crippen LogP contribution is -2.01. The Morgan fingerprint density at radius 1 is 1.50 bits per heavy atom. The molecule has 4 nitrogen and oxygen atoms in total. The molecule has 1 aromatic heterocycles. The van der Waals surface area contributed by atoms with Gasteiger partial charge in [-0.05, 0) is 30.7 Å². The summed E-state index contributed by atoms with van der Waals surface area (Å²) in [4.78, 5) is 15.4. The molecule has 2 rings (SSSR count). The number of methoxy groups -OCH3 is 1. The lowest BCUT2D eigenvalue weighted by molar-refractivity contribution is 0.0595. The zero-order valence-corrected chi connectivity index (χ0v) is 11.4. The van der Waals surface area contributed by atoms with Gasteiger partial charge in [-0.15, -0.1) is 11.3 Å². The first-order valence-electron chi connectivity index (χ1n) is 5.17. The molecule has 6 heteroatoms. The fourth-order valence-electron chi connectivity index (χ4n) is 1.41. The summed E-state index contributed by atoms with van der Waals surface area (Å²) in [5.41, 5.74) is 2.22. The lowest BCUT2D eigenvalue weighted by atomic mass is 10.2. The Morgan fingerprint density at radius 2 is 2.28 bits per heavy atom. The predicted molar refractivity (Wildman–Crippen MR) is 72.9 cm³/mol. The minimum absolute atomic E-state index is 0.302. The van der Waals surface area contributed by atoms with Crippen LogP contribution in [0.4, 0.5) is 10.8 Å². The number of thiazole rings is 1. The summed E-state index contributed by atoms with van der Waals surface area (Å²) in [7, 11) is 1.33. The lowest BCUT2D eigenvalue weighted by Gasteiger charge is -2.06. The van der Waals surface area contributed by atoms with Gasteiger partial charge in [0, 0.05) is 16.1 Å².